The molecule has 0 aliphatic heterocycles. The highest BCUT2D eigenvalue weighted by atomic mass is 32.2. The van der Waals surface area contributed by atoms with Crippen LogP contribution in [0.15, 0.2) is 0 Å². The van der Waals surface area contributed by atoms with Crippen LogP contribution in [0, 0.1) is 0 Å². The van der Waals surface area contributed by atoms with Crippen LogP contribution in [0.3, 0.4) is 0 Å². The topological polar surface area (TPSA) is 92.4 Å². The Morgan fingerprint density at radius 1 is 1.50 bits per heavy atom. The van der Waals surface area contributed by atoms with Gasteiger partial charge in [-0.2, -0.15) is 17.9 Å². The predicted molar refractivity (Wildman–Crippen MR) is 33.2 cm³/mol. The summed E-state index contributed by atoms with van der Waals surface area (Å²) in [4.78, 5) is 0. The Balaban J connectivity index is 4.30. The fraction of sp³-hybridized carbons (Fsp3) is 1.00. The second-order valence-electron chi connectivity index (χ2n) is 1.84. The molecule has 0 radical (unpaired) electrons. The number of rotatable bonds is 3. The largest absolute Gasteiger partial charge is 0.428 e. The summed E-state index contributed by atoms with van der Waals surface area (Å²) in [5.74, 6) is -1.01. The van der Waals surface area contributed by atoms with Crippen molar-refractivity contribution in [3.05, 3.63) is 0 Å². The summed E-state index contributed by atoms with van der Waals surface area (Å²) in [6, 6.07) is 0. The van der Waals surface area contributed by atoms with Crippen LogP contribution in [0.2, 0.25) is 0 Å². The molecule has 1 unspecified atom stereocenters. The number of nitrogens with one attached hydrogen (secondary N) is 1. The Morgan fingerprint density at radius 3 is 2.17 bits per heavy atom. The Kier molecular flexibility index (Phi) is 3.45. The fourth-order valence-corrected chi connectivity index (χ4v) is 0.855. The number of sulfonamides is 1. The highest BCUT2D eigenvalue weighted by molar-refractivity contribution is 7.89. The van der Waals surface area contributed by atoms with Crippen LogP contribution >= 0.6 is 0 Å². The van der Waals surface area contributed by atoms with E-state index in [9.17, 15) is 21.6 Å². The first kappa shape index (κ1) is 11.6. The van der Waals surface area contributed by atoms with Gasteiger partial charge in [-0.05, 0) is 0 Å². The molecule has 0 bridgehead atoms. The molecule has 1 atom stereocenters. The molecule has 0 spiro atoms. The molecule has 0 aromatic heterocycles. The van der Waals surface area contributed by atoms with Crippen LogP contribution in [0.5, 0.6) is 0 Å². The number of halogens is 3. The maximum absolute atomic E-state index is 11.5. The lowest BCUT2D eigenvalue weighted by atomic mass is 10.6. The number of hydrogen-bond donors (Lipinski definition) is 3. The minimum absolute atomic E-state index is 0.924. The SMILES string of the molecule is NCS(=O)(=O)NC(O)C(F)(F)F. The van der Waals surface area contributed by atoms with Crippen molar-refractivity contribution in [3.63, 3.8) is 0 Å². The summed E-state index contributed by atoms with van der Waals surface area (Å²) in [5, 5.41) is 8.18. The number of nitrogens with two attached hydrogens (primary N) is 1. The van der Waals surface area contributed by atoms with Crippen molar-refractivity contribution in [2.24, 2.45) is 5.73 Å². The second kappa shape index (κ2) is 3.56. The van der Waals surface area contributed by atoms with E-state index in [1.165, 1.54) is 0 Å². The highest BCUT2D eigenvalue weighted by Gasteiger charge is 2.40. The molecule has 0 aromatic rings. The van der Waals surface area contributed by atoms with Crippen molar-refractivity contribution < 1.29 is 26.7 Å². The summed E-state index contributed by atoms with van der Waals surface area (Å²) < 4.78 is 56.1. The molecule has 74 valence electrons. The third kappa shape index (κ3) is 3.85. The van der Waals surface area contributed by atoms with Crippen molar-refractivity contribution in [1.82, 2.24) is 4.72 Å². The monoisotopic (exact) mass is 208 g/mol. The molecule has 0 aromatic carbocycles. The summed E-state index contributed by atoms with van der Waals surface area (Å²) in [5.41, 5.74) is 4.57. The highest BCUT2D eigenvalue weighted by Crippen LogP contribution is 2.18. The van der Waals surface area contributed by atoms with E-state index in [2.05, 4.69) is 5.73 Å². The standard InChI is InChI=1S/C3H7F3N2O3S/c4-3(5,6)2(9)8-12(10,11)1-7/h2,8-9H,1,7H2. The molecule has 0 amide bonds. The zero-order valence-electron chi connectivity index (χ0n) is 5.67. The van der Waals surface area contributed by atoms with Crippen LogP contribution < -0.4 is 10.5 Å². The summed E-state index contributed by atoms with van der Waals surface area (Å²) in [6.07, 6.45) is -8.13. The molecule has 0 aliphatic rings. The maximum Gasteiger partial charge on any atom is 0.428 e. The molecular weight excluding hydrogens is 201 g/mol. The minimum Gasteiger partial charge on any atom is -0.369 e. The number of hydrogen-bond acceptors (Lipinski definition) is 4. The molecule has 12 heavy (non-hydrogen) atoms. The Hall–Kier alpha value is -0.380. The molecule has 0 saturated heterocycles. The van der Waals surface area contributed by atoms with Gasteiger partial charge in [0.25, 0.3) is 0 Å². The third-order valence-corrected chi connectivity index (χ3v) is 1.84. The Morgan fingerprint density at radius 2 is 1.92 bits per heavy atom. The summed E-state index contributed by atoms with van der Waals surface area (Å²) in [7, 11) is -4.24. The van der Waals surface area contributed by atoms with E-state index in [1.807, 2.05) is 0 Å². The molecule has 0 rings (SSSR count). The molecule has 5 nitrogen and oxygen atoms in total. The van der Waals surface area contributed by atoms with Crippen molar-refractivity contribution >= 4 is 10.0 Å². The van der Waals surface area contributed by atoms with E-state index in [0.717, 1.165) is 4.72 Å². The van der Waals surface area contributed by atoms with E-state index in [4.69, 9.17) is 5.11 Å². The molecule has 4 N–H and O–H groups in total. The first-order chi connectivity index (χ1) is 5.19. The summed E-state index contributed by atoms with van der Waals surface area (Å²) in [6.45, 7) is 0. The average molecular weight is 208 g/mol. The third-order valence-electron chi connectivity index (χ3n) is 0.821. The minimum atomic E-state index is -5.03. The van der Waals surface area contributed by atoms with Gasteiger partial charge in [0.2, 0.25) is 16.3 Å². The van der Waals surface area contributed by atoms with E-state index in [-0.39, 0.29) is 0 Å². The van der Waals surface area contributed by atoms with Gasteiger partial charge in [0, 0.05) is 0 Å². The van der Waals surface area contributed by atoms with Gasteiger partial charge in [0.1, 0.15) is 5.88 Å². The lowest BCUT2D eigenvalue weighted by molar-refractivity contribution is -0.206. The summed E-state index contributed by atoms with van der Waals surface area (Å²) >= 11 is 0. The first-order valence-corrected chi connectivity index (χ1v) is 4.29. The molecule has 0 saturated carbocycles. The zero-order chi connectivity index (χ0) is 9.99. The van der Waals surface area contributed by atoms with E-state index < -0.39 is 28.3 Å². The van der Waals surface area contributed by atoms with Gasteiger partial charge < -0.3 is 10.8 Å². The molecule has 0 aliphatic carbocycles. The first-order valence-electron chi connectivity index (χ1n) is 2.64. The maximum atomic E-state index is 11.5. The van der Waals surface area contributed by atoms with Gasteiger partial charge in [-0.15, -0.1) is 0 Å². The van der Waals surface area contributed by atoms with Crippen LogP contribution in [0.25, 0.3) is 0 Å². The van der Waals surface area contributed by atoms with E-state index in [0.29, 0.717) is 0 Å². The number of alkyl halides is 3. The quantitative estimate of drug-likeness (QED) is 0.503. The van der Waals surface area contributed by atoms with Crippen molar-refractivity contribution in [2.45, 2.75) is 12.4 Å². The lowest BCUT2D eigenvalue weighted by Gasteiger charge is -2.14. The van der Waals surface area contributed by atoms with Gasteiger partial charge in [-0.25, -0.2) is 8.42 Å². The van der Waals surface area contributed by atoms with Gasteiger partial charge in [0.15, 0.2) is 0 Å². The van der Waals surface area contributed by atoms with E-state index >= 15 is 0 Å². The second-order valence-corrected chi connectivity index (χ2v) is 3.64. The number of aliphatic hydroxyl groups excluding tert-OH is 1. The average Bonchev–Trinajstić information content (AvgIpc) is 1.85. The predicted octanol–water partition coefficient (Wildman–Crippen LogP) is -1.30. The molecule has 0 heterocycles. The molecule has 9 heteroatoms. The van der Waals surface area contributed by atoms with Crippen LogP contribution in [0.1, 0.15) is 0 Å². The van der Waals surface area contributed by atoms with Crippen molar-refractivity contribution in [2.75, 3.05) is 5.88 Å². The smallest absolute Gasteiger partial charge is 0.369 e. The Bertz CT molecular complexity index is 236. The fourth-order valence-electron chi connectivity index (χ4n) is 0.285. The van der Waals surface area contributed by atoms with E-state index in [1.54, 1.807) is 0 Å². The van der Waals surface area contributed by atoms with Crippen LogP contribution in [-0.2, 0) is 10.0 Å². The normalized spacial score (nSPS) is 16.1. The zero-order valence-corrected chi connectivity index (χ0v) is 6.48. The van der Waals surface area contributed by atoms with Gasteiger partial charge in [-0.3, -0.25) is 0 Å². The number of aliphatic hydroxyl groups is 1. The van der Waals surface area contributed by atoms with Crippen molar-refractivity contribution in [3.8, 4) is 0 Å². The van der Waals surface area contributed by atoms with Gasteiger partial charge >= 0.3 is 6.18 Å². The van der Waals surface area contributed by atoms with Crippen LogP contribution in [0.4, 0.5) is 13.2 Å². The molecule has 0 fully saturated rings. The lowest BCUT2D eigenvalue weighted by Crippen LogP contribution is -2.46. The van der Waals surface area contributed by atoms with Crippen molar-refractivity contribution in [1.29, 1.82) is 0 Å². The Labute approximate surface area is 66.4 Å². The van der Waals surface area contributed by atoms with Crippen LogP contribution in [-0.4, -0.2) is 31.8 Å². The molecular formula is C3H7F3N2O3S. The van der Waals surface area contributed by atoms with Gasteiger partial charge in [0.05, 0.1) is 0 Å². The van der Waals surface area contributed by atoms with Gasteiger partial charge in [-0.1, -0.05) is 0 Å².